The molecule has 0 bridgehead atoms. The Hall–Kier alpha value is 2.19. The summed E-state index contributed by atoms with van der Waals surface area (Å²) in [6.45, 7) is 0. The van der Waals surface area contributed by atoms with E-state index in [1.807, 2.05) is 0 Å². The molecule has 0 aromatic heterocycles. The predicted molar refractivity (Wildman–Crippen MR) is 30.2 cm³/mol. The zero-order valence-corrected chi connectivity index (χ0v) is 8.71. The Morgan fingerprint density at radius 3 is 1.00 bits per heavy atom. The maximum atomic E-state index is 3.93. The molecule has 0 rings (SSSR count). The molecule has 0 heterocycles. The van der Waals surface area contributed by atoms with Crippen LogP contribution in [0.4, 0.5) is 0 Å². The van der Waals surface area contributed by atoms with Crippen molar-refractivity contribution in [1.82, 2.24) is 0 Å². The Morgan fingerprint density at radius 2 is 1.00 bits per heavy atom. The van der Waals surface area contributed by atoms with E-state index in [-0.39, 0.29) is 55.4 Å². The summed E-state index contributed by atoms with van der Waals surface area (Å²) in [4.78, 5) is 0. The topological polar surface area (TPSA) is 63.0 Å². The average Bonchev–Trinajstić information content (AvgIpc) is 1.00. The summed E-state index contributed by atoms with van der Waals surface area (Å²) < 4.78 is 0. The molecule has 0 amide bonds. The molecule has 6 heteroatoms. The van der Waals surface area contributed by atoms with Gasteiger partial charge in [0.05, 0.1) is 0 Å². The van der Waals surface area contributed by atoms with Gasteiger partial charge in [0.25, 0.3) is 0 Å². The van der Waals surface area contributed by atoms with E-state index in [0.29, 0.717) is 0 Å². The Balaban J connectivity index is -0.000000000833. The SMILES string of the molecule is I.O.O.[Pd].[S]=[Pd]. The number of hydrogen-bond acceptors (Lipinski definition) is 1. The first-order valence-electron chi connectivity index (χ1n) is 0.129. The van der Waals surface area contributed by atoms with E-state index in [0.717, 1.165) is 0 Å². The fourth-order valence-electron chi connectivity index (χ4n) is 0. The van der Waals surface area contributed by atoms with Crippen molar-refractivity contribution in [2.45, 2.75) is 0 Å². The zero-order valence-electron chi connectivity index (χ0n) is 2.45. The predicted octanol–water partition coefficient (Wildman–Crippen LogP) is -0.388. The molecule has 6 heavy (non-hydrogen) atoms. The van der Waals surface area contributed by atoms with Crippen LogP contribution in [0.3, 0.4) is 0 Å². The quantitative estimate of drug-likeness (QED) is 0.398. The van der Waals surface area contributed by atoms with Gasteiger partial charge in [-0.15, -0.1) is 24.0 Å². The zero-order chi connectivity index (χ0) is 2.00. The van der Waals surface area contributed by atoms with Gasteiger partial charge in [-0.05, 0) is 0 Å². The van der Waals surface area contributed by atoms with Gasteiger partial charge in [-0.25, -0.2) is 0 Å². The summed E-state index contributed by atoms with van der Waals surface area (Å²) >= 11 is 2.33. The fraction of sp³-hybridized carbons (Fsp3) is 0. The second-order valence-electron chi connectivity index (χ2n) is 0. The van der Waals surface area contributed by atoms with E-state index in [4.69, 9.17) is 0 Å². The van der Waals surface area contributed by atoms with E-state index in [1.54, 1.807) is 0 Å². The molecule has 0 aromatic carbocycles. The molecular weight excluding hydrogens is 404 g/mol. The molecule has 50 valence electrons. The summed E-state index contributed by atoms with van der Waals surface area (Å²) in [6, 6.07) is 0. The van der Waals surface area contributed by atoms with Crippen LogP contribution in [0.25, 0.3) is 0 Å². The van der Waals surface area contributed by atoms with Gasteiger partial charge in [-0.3, -0.25) is 0 Å². The number of rotatable bonds is 0. The molecule has 0 unspecified atom stereocenters. The molecule has 0 aliphatic heterocycles. The molecule has 0 aromatic rings. The van der Waals surface area contributed by atoms with Crippen LogP contribution in [0.5, 0.6) is 0 Å². The van der Waals surface area contributed by atoms with Crippen molar-refractivity contribution < 1.29 is 48.8 Å². The molecular formula is H5IO2Pd2S. The second-order valence-corrected chi connectivity index (χ2v) is 0. The van der Waals surface area contributed by atoms with E-state index in [1.165, 1.54) is 0 Å². The molecule has 0 atom stereocenters. The van der Waals surface area contributed by atoms with Crippen molar-refractivity contribution in [3.63, 3.8) is 0 Å². The van der Waals surface area contributed by atoms with Gasteiger partial charge >= 0.3 is 27.4 Å². The minimum absolute atomic E-state index is 0. The normalized spacial score (nSPS) is 1.00. The Morgan fingerprint density at radius 1 is 1.00 bits per heavy atom. The molecule has 0 fully saturated rings. The summed E-state index contributed by atoms with van der Waals surface area (Å²) in [5, 5.41) is 0. The molecule has 0 spiro atoms. The Bertz CT molecular complexity index is 11.5. The van der Waals surface area contributed by atoms with Crippen LogP contribution in [-0.2, 0) is 37.8 Å². The van der Waals surface area contributed by atoms with Crippen molar-refractivity contribution in [2.75, 3.05) is 0 Å². The van der Waals surface area contributed by atoms with Gasteiger partial charge in [0.15, 0.2) is 0 Å². The van der Waals surface area contributed by atoms with Gasteiger partial charge in [0.1, 0.15) is 0 Å². The Labute approximate surface area is 81.7 Å². The maximum absolute atomic E-state index is 3.93. The number of hydrogen-bond donors (Lipinski definition) is 0. The van der Waals surface area contributed by atoms with Crippen molar-refractivity contribution in [3.8, 4) is 0 Å². The summed E-state index contributed by atoms with van der Waals surface area (Å²) in [6.07, 6.45) is 0. The van der Waals surface area contributed by atoms with Crippen LogP contribution < -0.4 is 0 Å². The molecule has 0 saturated carbocycles. The first-order valence-corrected chi connectivity index (χ1v) is 2.29. The van der Waals surface area contributed by atoms with Crippen LogP contribution >= 0.6 is 33.9 Å². The van der Waals surface area contributed by atoms with Crippen LogP contribution in [0.1, 0.15) is 0 Å². The van der Waals surface area contributed by atoms with Crippen LogP contribution in [0.15, 0.2) is 0 Å². The third-order valence-electron chi connectivity index (χ3n) is 0. The molecule has 0 aliphatic rings. The average molecular weight is 409 g/mol. The monoisotopic (exact) mass is 408 g/mol. The van der Waals surface area contributed by atoms with E-state index >= 15 is 0 Å². The summed E-state index contributed by atoms with van der Waals surface area (Å²) in [7, 11) is 3.93. The second kappa shape index (κ2) is 57.3. The Kier molecular flexibility index (Phi) is 397. The van der Waals surface area contributed by atoms with Crippen molar-refractivity contribution >= 4 is 33.9 Å². The summed E-state index contributed by atoms with van der Waals surface area (Å²) in [5.41, 5.74) is 0. The van der Waals surface area contributed by atoms with Crippen LogP contribution in [0.2, 0.25) is 0 Å². The fourth-order valence-corrected chi connectivity index (χ4v) is 0. The molecule has 0 saturated heterocycles. The minimum atomic E-state index is 0. The molecule has 4 N–H and O–H groups in total. The van der Waals surface area contributed by atoms with E-state index in [9.17, 15) is 0 Å². The molecule has 0 aliphatic carbocycles. The van der Waals surface area contributed by atoms with Gasteiger partial charge in [0.2, 0.25) is 0 Å². The van der Waals surface area contributed by atoms with Crippen molar-refractivity contribution in [2.24, 2.45) is 0 Å². The van der Waals surface area contributed by atoms with Gasteiger partial charge in [0, 0.05) is 20.4 Å². The summed E-state index contributed by atoms with van der Waals surface area (Å²) in [5.74, 6) is 0. The van der Waals surface area contributed by atoms with Gasteiger partial charge in [-0.1, -0.05) is 0 Å². The first kappa shape index (κ1) is 41.6. The third-order valence-corrected chi connectivity index (χ3v) is 0. The van der Waals surface area contributed by atoms with Crippen molar-refractivity contribution in [1.29, 1.82) is 0 Å². The first-order chi connectivity index (χ1) is 1.00. The standard InChI is InChI=1S/HI.2H2O.2Pd.S/h1H;2*1H2;;;. The number of halogens is 1. The molecule has 0 radical (unpaired) electrons. The van der Waals surface area contributed by atoms with Crippen molar-refractivity contribution in [3.05, 3.63) is 0 Å². The van der Waals surface area contributed by atoms with Crippen LogP contribution in [-0.4, -0.2) is 11.0 Å². The van der Waals surface area contributed by atoms with Crippen LogP contribution in [0, 0.1) is 0 Å². The molecule has 2 nitrogen and oxygen atoms in total. The van der Waals surface area contributed by atoms with E-state index in [2.05, 4.69) is 27.4 Å². The van der Waals surface area contributed by atoms with E-state index < -0.39 is 0 Å². The van der Waals surface area contributed by atoms with Gasteiger partial charge < -0.3 is 11.0 Å². The third kappa shape index (κ3) is 34.7. The van der Waals surface area contributed by atoms with Gasteiger partial charge in [-0.2, -0.15) is 0 Å².